The molecule has 0 atom stereocenters. The quantitative estimate of drug-likeness (QED) is 0.703. The monoisotopic (exact) mass is 394 g/mol. The van der Waals surface area contributed by atoms with Crippen LogP contribution in [0.1, 0.15) is 52.8 Å². The number of carbonyl (C=O) groups excluding carboxylic acids is 2. The topological polar surface area (TPSA) is 86.7 Å². The molecule has 3 rings (SSSR count). The fourth-order valence-electron chi connectivity index (χ4n) is 3.66. The Morgan fingerprint density at radius 3 is 2.31 bits per heavy atom. The molecule has 0 aliphatic carbocycles. The molecule has 2 N–H and O–H groups in total. The zero-order chi connectivity index (χ0) is 20.6. The van der Waals surface area contributed by atoms with E-state index < -0.39 is 5.97 Å². The molecule has 152 valence electrons. The van der Waals surface area contributed by atoms with Crippen LogP contribution < -0.4 is 5.32 Å². The molecule has 1 fully saturated rings. The molecule has 2 amide bonds. The zero-order valence-electron chi connectivity index (χ0n) is 16.4. The molecule has 0 spiro atoms. The standard InChI is InChI=1S/C23H26N2O4/c26-21-13-2-1-7-15-25(21)16-8-14-24-22(27)19-11-5-3-9-17(19)18-10-4-6-12-20(18)23(28)29/h3-6,9-12H,1-2,7-8,13-16H2,(H,24,27)(H,28,29). The molecule has 0 radical (unpaired) electrons. The normalized spacial score (nSPS) is 14.3. The first-order valence-electron chi connectivity index (χ1n) is 10.1. The molecular weight excluding hydrogens is 368 g/mol. The van der Waals surface area contributed by atoms with Gasteiger partial charge in [0.1, 0.15) is 0 Å². The van der Waals surface area contributed by atoms with Gasteiger partial charge in [0.25, 0.3) is 5.91 Å². The summed E-state index contributed by atoms with van der Waals surface area (Å²) in [5.74, 6) is -1.08. The van der Waals surface area contributed by atoms with Crippen molar-refractivity contribution >= 4 is 17.8 Å². The Labute approximate surface area is 170 Å². The number of hydrogen-bond acceptors (Lipinski definition) is 3. The number of nitrogens with zero attached hydrogens (tertiary/aromatic N) is 1. The number of benzene rings is 2. The lowest BCUT2D eigenvalue weighted by Crippen LogP contribution is -2.34. The summed E-state index contributed by atoms with van der Waals surface area (Å²) in [6.07, 6.45) is 4.39. The number of amides is 2. The van der Waals surface area contributed by atoms with Gasteiger partial charge in [-0.2, -0.15) is 0 Å². The Bertz CT molecular complexity index is 894. The summed E-state index contributed by atoms with van der Waals surface area (Å²) < 4.78 is 0. The number of rotatable bonds is 7. The molecule has 29 heavy (non-hydrogen) atoms. The highest BCUT2D eigenvalue weighted by Crippen LogP contribution is 2.27. The summed E-state index contributed by atoms with van der Waals surface area (Å²) in [6, 6.07) is 13.7. The average molecular weight is 394 g/mol. The molecule has 0 saturated carbocycles. The molecule has 0 aromatic heterocycles. The van der Waals surface area contributed by atoms with E-state index in [1.807, 2.05) is 4.90 Å². The van der Waals surface area contributed by atoms with Crippen LogP contribution >= 0.6 is 0 Å². The third-order valence-electron chi connectivity index (χ3n) is 5.18. The first kappa shape index (κ1) is 20.6. The van der Waals surface area contributed by atoms with Crippen LogP contribution in [0.15, 0.2) is 48.5 Å². The molecule has 1 heterocycles. The molecule has 0 bridgehead atoms. The number of aromatic carboxylic acids is 1. The van der Waals surface area contributed by atoms with Crippen molar-refractivity contribution < 1.29 is 19.5 Å². The van der Waals surface area contributed by atoms with Crippen LogP contribution in [0.2, 0.25) is 0 Å². The molecule has 2 aromatic carbocycles. The fraction of sp³-hybridized carbons (Fsp3) is 0.348. The Morgan fingerprint density at radius 2 is 1.59 bits per heavy atom. The predicted molar refractivity (Wildman–Crippen MR) is 111 cm³/mol. The van der Waals surface area contributed by atoms with E-state index in [0.717, 1.165) is 25.8 Å². The van der Waals surface area contributed by atoms with Crippen molar-refractivity contribution in [3.8, 4) is 11.1 Å². The second-order valence-corrected chi connectivity index (χ2v) is 7.20. The van der Waals surface area contributed by atoms with E-state index in [-0.39, 0.29) is 17.4 Å². The highest BCUT2D eigenvalue weighted by atomic mass is 16.4. The maximum absolute atomic E-state index is 12.8. The molecule has 6 heteroatoms. The SMILES string of the molecule is O=C(O)c1ccccc1-c1ccccc1C(=O)NCCCN1CCCCCC1=O. The first-order chi connectivity index (χ1) is 14.1. The van der Waals surface area contributed by atoms with Crippen molar-refractivity contribution in [3.63, 3.8) is 0 Å². The fourth-order valence-corrected chi connectivity index (χ4v) is 3.66. The molecule has 1 aliphatic rings. The Balaban J connectivity index is 1.65. The smallest absolute Gasteiger partial charge is 0.336 e. The third kappa shape index (κ3) is 5.22. The Kier molecular flexibility index (Phi) is 7.00. The number of carboxylic acids is 1. The molecular formula is C23H26N2O4. The van der Waals surface area contributed by atoms with Gasteiger partial charge in [-0.15, -0.1) is 0 Å². The van der Waals surface area contributed by atoms with Crippen LogP contribution in [0, 0.1) is 0 Å². The minimum Gasteiger partial charge on any atom is -0.478 e. The van der Waals surface area contributed by atoms with Crippen molar-refractivity contribution in [3.05, 3.63) is 59.7 Å². The zero-order valence-corrected chi connectivity index (χ0v) is 16.4. The molecule has 1 saturated heterocycles. The molecule has 1 aliphatic heterocycles. The minimum absolute atomic E-state index is 0.160. The Morgan fingerprint density at radius 1 is 0.931 bits per heavy atom. The largest absolute Gasteiger partial charge is 0.478 e. The average Bonchev–Trinajstić information content (AvgIpc) is 2.95. The second-order valence-electron chi connectivity index (χ2n) is 7.20. The first-order valence-corrected chi connectivity index (χ1v) is 10.1. The minimum atomic E-state index is -1.03. The van der Waals surface area contributed by atoms with Crippen LogP contribution in [0.25, 0.3) is 11.1 Å². The summed E-state index contributed by atoms with van der Waals surface area (Å²) in [5, 5.41) is 12.4. The van der Waals surface area contributed by atoms with Crippen molar-refractivity contribution in [1.82, 2.24) is 10.2 Å². The van der Waals surface area contributed by atoms with Gasteiger partial charge in [0, 0.05) is 31.6 Å². The van der Waals surface area contributed by atoms with Crippen LogP contribution in [-0.4, -0.2) is 47.4 Å². The van der Waals surface area contributed by atoms with E-state index in [1.54, 1.807) is 42.5 Å². The number of nitrogens with one attached hydrogen (secondary N) is 1. The van der Waals surface area contributed by atoms with E-state index in [9.17, 15) is 19.5 Å². The summed E-state index contributed by atoms with van der Waals surface area (Å²) in [5.41, 5.74) is 1.70. The van der Waals surface area contributed by atoms with Gasteiger partial charge in [0.05, 0.1) is 5.56 Å². The van der Waals surface area contributed by atoms with E-state index in [4.69, 9.17) is 0 Å². The highest BCUT2D eigenvalue weighted by molar-refractivity contribution is 6.04. The van der Waals surface area contributed by atoms with Crippen LogP contribution in [0.5, 0.6) is 0 Å². The van der Waals surface area contributed by atoms with Crippen molar-refractivity contribution in [2.75, 3.05) is 19.6 Å². The molecule has 0 unspecified atom stereocenters. The van der Waals surface area contributed by atoms with Gasteiger partial charge in [0.2, 0.25) is 5.91 Å². The van der Waals surface area contributed by atoms with E-state index >= 15 is 0 Å². The molecule has 6 nitrogen and oxygen atoms in total. The number of hydrogen-bond donors (Lipinski definition) is 2. The lowest BCUT2D eigenvalue weighted by molar-refractivity contribution is -0.130. The van der Waals surface area contributed by atoms with Gasteiger partial charge < -0.3 is 15.3 Å². The lowest BCUT2D eigenvalue weighted by atomic mass is 9.95. The lowest BCUT2D eigenvalue weighted by Gasteiger charge is -2.20. The van der Waals surface area contributed by atoms with Gasteiger partial charge in [0.15, 0.2) is 0 Å². The van der Waals surface area contributed by atoms with Gasteiger partial charge in [-0.1, -0.05) is 42.8 Å². The maximum atomic E-state index is 12.8. The number of carboxylic acid groups (broad SMARTS) is 1. The van der Waals surface area contributed by atoms with Crippen molar-refractivity contribution in [2.45, 2.75) is 32.1 Å². The summed E-state index contributed by atoms with van der Waals surface area (Å²) in [6.45, 7) is 1.89. The van der Waals surface area contributed by atoms with Gasteiger partial charge >= 0.3 is 5.97 Å². The molecule has 2 aromatic rings. The number of carbonyl (C=O) groups is 3. The highest BCUT2D eigenvalue weighted by Gasteiger charge is 2.18. The van der Waals surface area contributed by atoms with E-state index in [0.29, 0.717) is 42.6 Å². The van der Waals surface area contributed by atoms with Crippen molar-refractivity contribution in [1.29, 1.82) is 0 Å². The second kappa shape index (κ2) is 9.87. The maximum Gasteiger partial charge on any atom is 0.336 e. The van der Waals surface area contributed by atoms with Crippen LogP contribution in [0.3, 0.4) is 0 Å². The summed E-state index contributed by atoms with van der Waals surface area (Å²) >= 11 is 0. The van der Waals surface area contributed by atoms with Crippen molar-refractivity contribution in [2.24, 2.45) is 0 Å². The van der Waals surface area contributed by atoms with Gasteiger partial charge in [-0.25, -0.2) is 4.79 Å². The Hall–Kier alpha value is -3.15. The number of likely N-dealkylation sites (tertiary alicyclic amines) is 1. The predicted octanol–water partition coefficient (Wildman–Crippen LogP) is 3.57. The summed E-state index contributed by atoms with van der Waals surface area (Å²) in [7, 11) is 0. The van der Waals surface area contributed by atoms with E-state index in [2.05, 4.69) is 5.32 Å². The van der Waals surface area contributed by atoms with Crippen LogP contribution in [-0.2, 0) is 4.79 Å². The van der Waals surface area contributed by atoms with Gasteiger partial charge in [-0.05, 0) is 42.5 Å². The van der Waals surface area contributed by atoms with Crippen LogP contribution in [0.4, 0.5) is 0 Å². The van der Waals surface area contributed by atoms with E-state index in [1.165, 1.54) is 6.07 Å². The third-order valence-corrected chi connectivity index (χ3v) is 5.18. The van der Waals surface area contributed by atoms with Gasteiger partial charge in [-0.3, -0.25) is 9.59 Å². The summed E-state index contributed by atoms with van der Waals surface area (Å²) in [4.78, 5) is 38.2.